The van der Waals surface area contributed by atoms with E-state index in [1.807, 2.05) is 36.1 Å². The van der Waals surface area contributed by atoms with Gasteiger partial charge in [0.2, 0.25) is 11.9 Å². The quantitative estimate of drug-likeness (QED) is 0.688. The highest BCUT2D eigenvalue weighted by Gasteiger charge is 2.27. The van der Waals surface area contributed by atoms with Crippen LogP contribution in [0.2, 0.25) is 0 Å². The third-order valence-electron chi connectivity index (χ3n) is 5.61. The number of fused-ring (bicyclic) bond motifs is 1. The number of hydrogen-bond acceptors (Lipinski definition) is 6. The van der Waals surface area contributed by atoms with Gasteiger partial charge in [0.25, 0.3) is 0 Å². The van der Waals surface area contributed by atoms with Crippen molar-refractivity contribution in [3.8, 4) is 5.75 Å². The van der Waals surface area contributed by atoms with Gasteiger partial charge in [-0.25, -0.2) is 4.68 Å². The summed E-state index contributed by atoms with van der Waals surface area (Å²) < 4.78 is 7.88. The monoisotopic (exact) mass is 413 g/mol. The van der Waals surface area contributed by atoms with Crippen LogP contribution in [0.15, 0.2) is 33.9 Å². The van der Waals surface area contributed by atoms with Crippen LogP contribution < -0.4 is 20.8 Å². The normalized spacial score (nSPS) is 16.3. The van der Waals surface area contributed by atoms with Crippen molar-refractivity contribution in [3.05, 3.63) is 45.0 Å². The summed E-state index contributed by atoms with van der Waals surface area (Å²) in [5.74, 6) is 0.979. The van der Waals surface area contributed by atoms with E-state index in [-0.39, 0.29) is 12.5 Å². The van der Waals surface area contributed by atoms with Crippen molar-refractivity contribution in [2.75, 3.05) is 31.1 Å². The number of hydrogen-bond donors (Lipinski definition) is 0. The van der Waals surface area contributed by atoms with E-state index in [0.717, 1.165) is 41.8 Å². The molecule has 9 heteroatoms. The van der Waals surface area contributed by atoms with Crippen LogP contribution in [0.1, 0.15) is 32.6 Å². The molecule has 3 heterocycles. The summed E-state index contributed by atoms with van der Waals surface area (Å²) >= 11 is 0. The first-order valence-electron chi connectivity index (χ1n) is 10.6. The third-order valence-corrected chi connectivity index (χ3v) is 5.61. The van der Waals surface area contributed by atoms with Crippen molar-refractivity contribution in [3.63, 3.8) is 0 Å². The van der Waals surface area contributed by atoms with Gasteiger partial charge in [-0.15, -0.1) is 5.10 Å². The molecular weight excluding hydrogens is 386 g/mol. The summed E-state index contributed by atoms with van der Waals surface area (Å²) in [7, 11) is 0. The Bertz CT molecular complexity index is 1020. The molecule has 1 saturated heterocycles. The Hall–Kier alpha value is -3.10. The molecule has 2 aliphatic rings. The van der Waals surface area contributed by atoms with Crippen LogP contribution in [0.3, 0.4) is 0 Å². The molecule has 1 aromatic heterocycles. The lowest BCUT2D eigenvalue weighted by atomic mass is 10.2. The predicted octanol–water partition coefficient (Wildman–Crippen LogP) is 1.36. The molecule has 9 nitrogen and oxygen atoms in total. The number of ether oxygens (including phenoxy) is 1. The molecular formula is C21H27N5O4. The number of benzene rings is 1. The van der Waals surface area contributed by atoms with Gasteiger partial charge in [-0.05, 0) is 44.0 Å². The molecule has 4 rings (SSSR count). The molecule has 0 aliphatic carbocycles. The fraction of sp³-hybridized carbons (Fsp3) is 0.524. The first kappa shape index (κ1) is 20.2. The molecule has 0 saturated carbocycles. The highest BCUT2D eigenvalue weighted by atomic mass is 16.5. The van der Waals surface area contributed by atoms with Gasteiger partial charge in [-0.2, -0.15) is 0 Å². The average Bonchev–Trinajstić information content (AvgIpc) is 2.97. The molecule has 0 unspecified atom stereocenters. The van der Waals surface area contributed by atoms with Gasteiger partial charge in [0, 0.05) is 31.9 Å². The van der Waals surface area contributed by atoms with Crippen LogP contribution in [-0.2, 0) is 17.9 Å². The maximum atomic E-state index is 12.7. The van der Waals surface area contributed by atoms with Crippen LogP contribution in [0, 0.1) is 0 Å². The summed E-state index contributed by atoms with van der Waals surface area (Å²) in [5.41, 5.74) is -0.548. The molecule has 2 aromatic rings. The summed E-state index contributed by atoms with van der Waals surface area (Å²) in [6.45, 7) is 4.59. The van der Waals surface area contributed by atoms with Crippen molar-refractivity contribution < 1.29 is 9.53 Å². The number of rotatable bonds is 5. The zero-order valence-corrected chi connectivity index (χ0v) is 17.2. The third kappa shape index (κ3) is 3.96. The lowest BCUT2D eigenvalue weighted by Crippen LogP contribution is -2.45. The summed E-state index contributed by atoms with van der Waals surface area (Å²) in [5, 5.41) is 4.40. The number of likely N-dealkylation sites (tertiary alicyclic amines) is 1. The minimum Gasteiger partial charge on any atom is -0.494 e. The standard InChI is InChI=1S/C21H27N5O4/c1-2-30-17-9-7-16(8-10-17)24-13-14-25-19(28)20(29)26(22-21(24)25)15-18(27)23-11-5-3-4-6-12-23/h7-10H,2-6,11-15H2,1H3. The summed E-state index contributed by atoms with van der Waals surface area (Å²) in [6, 6.07) is 7.51. The van der Waals surface area contributed by atoms with Crippen LogP contribution in [0.25, 0.3) is 0 Å². The van der Waals surface area contributed by atoms with Crippen molar-refractivity contribution in [2.45, 2.75) is 45.7 Å². The SMILES string of the molecule is CCOc1ccc(N2CCn3c2nn(CC(=O)N2CCCCCC2)c(=O)c3=O)cc1. The fourth-order valence-corrected chi connectivity index (χ4v) is 4.01. The van der Waals surface area contributed by atoms with Gasteiger partial charge in [-0.3, -0.25) is 19.0 Å². The first-order valence-corrected chi connectivity index (χ1v) is 10.6. The van der Waals surface area contributed by atoms with Gasteiger partial charge in [0.1, 0.15) is 12.3 Å². The maximum absolute atomic E-state index is 12.7. The van der Waals surface area contributed by atoms with Gasteiger partial charge in [0.15, 0.2) is 0 Å². The Morgan fingerprint density at radius 3 is 2.33 bits per heavy atom. The summed E-state index contributed by atoms with van der Waals surface area (Å²) in [6.07, 6.45) is 4.15. The molecule has 0 bridgehead atoms. The lowest BCUT2D eigenvalue weighted by molar-refractivity contribution is -0.132. The zero-order valence-electron chi connectivity index (χ0n) is 17.2. The number of carbonyl (C=O) groups excluding carboxylic acids is 1. The number of nitrogens with zero attached hydrogens (tertiary/aromatic N) is 5. The second-order valence-electron chi connectivity index (χ2n) is 7.59. The topological polar surface area (TPSA) is 89.7 Å². The van der Waals surface area contributed by atoms with Crippen molar-refractivity contribution >= 4 is 17.5 Å². The largest absolute Gasteiger partial charge is 0.494 e. The Labute approximate surface area is 174 Å². The van der Waals surface area contributed by atoms with Crippen LogP contribution in [0.4, 0.5) is 11.6 Å². The van der Waals surface area contributed by atoms with Gasteiger partial charge >= 0.3 is 11.1 Å². The molecule has 1 amide bonds. The lowest BCUT2D eigenvalue weighted by Gasteiger charge is -2.21. The second kappa shape index (κ2) is 8.73. The molecule has 0 radical (unpaired) electrons. The molecule has 0 spiro atoms. The van der Waals surface area contributed by atoms with Crippen molar-refractivity contribution in [2.24, 2.45) is 0 Å². The Balaban J connectivity index is 1.61. The molecule has 1 fully saturated rings. The molecule has 0 atom stereocenters. The van der Waals surface area contributed by atoms with E-state index in [1.165, 1.54) is 4.57 Å². The number of carbonyl (C=O) groups is 1. The van der Waals surface area contributed by atoms with E-state index in [2.05, 4.69) is 5.10 Å². The maximum Gasteiger partial charge on any atom is 0.333 e. The molecule has 2 aliphatic heterocycles. The smallest absolute Gasteiger partial charge is 0.333 e. The van der Waals surface area contributed by atoms with Crippen molar-refractivity contribution in [1.82, 2.24) is 19.2 Å². The highest BCUT2D eigenvalue weighted by molar-refractivity contribution is 5.76. The minimum absolute atomic E-state index is 0.165. The van der Waals surface area contributed by atoms with Crippen LogP contribution in [-0.4, -0.2) is 51.4 Å². The average molecular weight is 413 g/mol. The van der Waals surface area contributed by atoms with E-state index in [1.54, 1.807) is 4.90 Å². The Morgan fingerprint density at radius 2 is 1.67 bits per heavy atom. The number of anilines is 2. The van der Waals surface area contributed by atoms with Crippen LogP contribution >= 0.6 is 0 Å². The molecule has 0 N–H and O–H groups in total. The predicted molar refractivity (Wildman–Crippen MR) is 112 cm³/mol. The van der Waals surface area contributed by atoms with Gasteiger partial charge in [0.05, 0.1) is 6.61 Å². The zero-order chi connectivity index (χ0) is 21.1. The first-order chi connectivity index (χ1) is 14.6. The van der Waals surface area contributed by atoms with E-state index < -0.39 is 11.1 Å². The Kier molecular flexibility index (Phi) is 5.87. The van der Waals surface area contributed by atoms with E-state index in [9.17, 15) is 14.4 Å². The van der Waals surface area contributed by atoms with Crippen molar-refractivity contribution in [1.29, 1.82) is 0 Å². The second-order valence-corrected chi connectivity index (χ2v) is 7.59. The van der Waals surface area contributed by atoms with E-state index in [0.29, 0.717) is 38.7 Å². The fourth-order valence-electron chi connectivity index (χ4n) is 4.01. The highest BCUT2D eigenvalue weighted by Crippen LogP contribution is 2.28. The number of amides is 1. The van der Waals surface area contributed by atoms with E-state index in [4.69, 9.17) is 4.74 Å². The number of aromatic nitrogens is 3. The van der Waals surface area contributed by atoms with Gasteiger partial charge < -0.3 is 14.5 Å². The van der Waals surface area contributed by atoms with Gasteiger partial charge in [-0.1, -0.05) is 12.8 Å². The Morgan fingerprint density at radius 1 is 0.967 bits per heavy atom. The van der Waals surface area contributed by atoms with Crippen LogP contribution in [0.5, 0.6) is 5.75 Å². The molecule has 30 heavy (non-hydrogen) atoms. The minimum atomic E-state index is -0.754. The molecule has 1 aromatic carbocycles. The van der Waals surface area contributed by atoms with E-state index >= 15 is 0 Å². The summed E-state index contributed by atoms with van der Waals surface area (Å²) in [4.78, 5) is 41.5. The molecule has 160 valence electrons.